The Kier molecular flexibility index (Phi) is 4.37. The van der Waals surface area contributed by atoms with Crippen LogP contribution in [0.5, 0.6) is 0 Å². The second-order valence-electron chi connectivity index (χ2n) is 5.99. The lowest BCUT2D eigenvalue weighted by Gasteiger charge is -2.12. The number of hydrogen-bond acceptors (Lipinski definition) is 7. The van der Waals surface area contributed by atoms with Crippen LogP contribution < -0.4 is 10.9 Å². The molecule has 0 radical (unpaired) electrons. The normalized spacial score (nSPS) is 15.8. The Labute approximate surface area is 152 Å². The van der Waals surface area contributed by atoms with Crippen molar-refractivity contribution in [1.82, 2.24) is 20.0 Å². The zero-order valence-electron chi connectivity index (χ0n) is 14.0. The molecule has 26 heavy (non-hydrogen) atoms. The number of aromatic nitrogens is 3. The minimum absolute atomic E-state index is 0.116. The van der Waals surface area contributed by atoms with Crippen molar-refractivity contribution >= 4 is 17.7 Å². The molecule has 0 aliphatic carbocycles. The van der Waals surface area contributed by atoms with E-state index in [9.17, 15) is 9.59 Å². The van der Waals surface area contributed by atoms with Gasteiger partial charge in [0.25, 0.3) is 5.56 Å². The largest absolute Gasteiger partial charge is 0.461 e. The van der Waals surface area contributed by atoms with Gasteiger partial charge in [0.2, 0.25) is 11.7 Å². The molecule has 4 heterocycles. The average Bonchev–Trinajstić information content (AvgIpc) is 3.33. The third kappa shape index (κ3) is 3.30. The van der Waals surface area contributed by atoms with Crippen LogP contribution in [0.2, 0.25) is 0 Å². The predicted octanol–water partition coefficient (Wildman–Crippen LogP) is 2.15. The lowest BCUT2D eigenvalue weighted by atomic mass is 10.2. The van der Waals surface area contributed by atoms with Crippen LogP contribution in [-0.4, -0.2) is 26.4 Å². The highest BCUT2D eigenvalue weighted by Crippen LogP contribution is 2.31. The van der Waals surface area contributed by atoms with E-state index in [2.05, 4.69) is 15.5 Å². The van der Waals surface area contributed by atoms with E-state index >= 15 is 0 Å². The first kappa shape index (κ1) is 16.6. The van der Waals surface area contributed by atoms with Gasteiger partial charge < -0.3 is 14.3 Å². The van der Waals surface area contributed by atoms with Crippen LogP contribution in [0.25, 0.3) is 11.5 Å². The van der Waals surface area contributed by atoms with Crippen LogP contribution in [-0.2, 0) is 11.3 Å². The van der Waals surface area contributed by atoms with Gasteiger partial charge in [0.05, 0.1) is 18.8 Å². The summed E-state index contributed by atoms with van der Waals surface area (Å²) < 4.78 is 12.0. The minimum atomic E-state index is -0.188. The summed E-state index contributed by atoms with van der Waals surface area (Å²) >= 11 is 1.50. The monoisotopic (exact) mass is 372 g/mol. The molecule has 3 aromatic rings. The highest BCUT2D eigenvalue weighted by molar-refractivity contribution is 7.99. The number of amides is 1. The number of hydrogen-bond donors (Lipinski definition) is 1. The average molecular weight is 372 g/mol. The van der Waals surface area contributed by atoms with Crippen LogP contribution in [0.15, 0.2) is 49.4 Å². The lowest BCUT2D eigenvalue weighted by Crippen LogP contribution is -2.30. The quantitative estimate of drug-likeness (QED) is 0.685. The number of fused-ring (bicyclic) bond motifs is 1. The third-order valence-electron chi connectivity index (χ3n) is 4.03. The van der Waals surface area contributed by atoms with Crippen LogP contribution in [0.3, 0.4) is 0 Å². The van der Waals surface area contributed by atoms with E-state index in [4.69, 9.17) is 8.94 Å². The number of thioether (sulfide) groups is 1. The number of nitrogens with zero attached hydrogens (tertiary/aromatic N) is 3. The van der Waals surface area contributed by atoms with Gasteiger partial charge in [-0.2, -0.15) is 0 Å². The Balaban J connectivity index is 1.37. The van der Waals surface area contributed by atoms with E-state index in [0.29, 0.717) is 33.8 Å². The molecule has 0 saturated carbocycles. The lowest BCUT2D eigenvalue weighted by molar-refractivity contribution is -0.121. The molecule has 1 amide bonds. The fourth-order valence-electron chi connectivity index (χ4n) is 2.82. The van der Waals surface area contributed by atoms with Crippen LogP contribution in [0.1, 0.15) is 23.9 Å². The molecule has 1 N–H and O–H groups in total. The first-order valence-corrected chi connectivity index (χ1v) is 9.08. The molecule has 0 spiro atoms. The van der Waals surface area contributed by atoms with Gasteiger partial charge in [-0.05, 0) is 19.1 Å². The molecule has 1 unspecified atom stereocenters. The van der Waals surface area contributed by atoms with Crippen molar-refractivity contribution in [3.8, 4) is 11.5 Å². The number of nitrogens with one attached hydrogen (secondary N) is 1. The maximum Gasteiger partial charge on any atom is 0.254 e. The first-order valence-electron chi connectivity index (χ1n) is 8.09. The summed E-state index contributed by atoms with van der Waals surface area (Å²) in [6.45, 7) is 2.04. The molecular weight excluding hydrogens is 356 g/mol. The zero-order chi connectivity index (χ0) is 18.1. The van der Waals surface area contributed by atoms with Crippen LogP contribution >= 0.6 is 11.8 Å². The zero-order valence-corrected chi connectivity index (χ0v) is 14.8. The van der Waals surface area contributed by atoms with Crippen molar-refractivity contribution in [3.05, 3.63) is 52.3 Å². The Morgan fingerprint density at radius 2 is 2.31 bits per heavy atom. The summed E-state index contributed by atoms with van der Waals surface area (Å²) in [5, 5.41) is 7.40. The number of carbonyl (C=O) groups excluding carboxylic acids is 1. The number of rotatable bonds is 5. The van der Waals surface area contributed by atoms with Gasteiger partial charge in [-0.25, -0.2) is 4.98 Å². The summed E-state index contributed by atoms with van der Waals surface area (Å²) in [5.41, 5.74) is 1.17. The number of carbonyl (C=O) groups is 1. The highest BCUT2D eigenvalue weighted by Gasteiger charge is 2.27. The minimum Gasteiger partial charge on any atom is -0.461 e. The molecular formula is C17H16N4O4S. The van der Waals surface area contributed by atoms with E-state index in [-0.39, 0.29) is 30.5 Å². The Morgan fingerprint density at radius 3 is 3.12 bits per heavy atom. The molecule has 134 valence electrons. The Bertz CT molecular complexity index is 993. The molecule has 4 rings (SSSR count). The van der Waals surface area contributed by atoms with Crippen molar-refractivity contribution in [2.45, 2.75) is 31.1 Å². The Hall–Kier alpha value is -2.81. The van der Waals surface area contributed by atoms with Crippen molar-refractivity contribution in [3.63, 3.8) is 0 Å². The topological polar surface area (TPSA) is 103 Å². The van der Waals surface area contributed by atoms with Crippen LogP contribution in [0.4, 0.5) is 0 Å². The summed E-state index contributed by atoms with van der Waals surface area (Å²) in [6, 6.07) is 6.55. The fraction of sp³-hybridized carbons (Fsp3) is 0.294. The molecule has 3 aromatic heterocycles. The first-order chi connectivity index (χ1) is 12.6. The smallest absolute Gasteiger partial charge is 0.254 e. The van der Waals surface area contributed by atoms with Gasteiger partial charge in [0, 0.05) is 30.0 Å². The molecule has 1 aliphatic rings. The van der Waals surface area contributed by atoms with Gasteiger partial charge >= 0.3 is 0 Å². The van der Waals surface area contributed by atoms with Crippen molar-refractivity contribution in [2.75, 3.05) is 5.75 Å². The summed E-state index contributed by atoms with van der Waals surface area (Å²) in [7, 11) is 0. The van der Waals surface area contributed by atoms with E-state index in [1.54, 1.807) is 36.0 Å². The van der Waals surface area contributed by atoms with Crippen LogP contribution in [0, 0.1) is 6.92 Å². The molecule has 0 fully saturated rings. The van der Waals surface area contributed by atoms with Gasteiger partial charge in [-0.3, -0.25) is 14.2 Å². The van der Waals surface area contributed by atoms with Gasteiger partial charge in [0.1, 0.15) is 5.69 Å². The van der Waals surface area contributed by atoms with Crippen molar-refractivity contribution in [2.24, 2.45) is 0 Å². The van der Waals surface area contributed by atoms with Gasteiger partial charge in [0.15, 0.2) is 10.9 Å². The van der Waals surface area contributed by atoms with Gasteiger partial charge in [-0.1, -0.05) is 16.9 Å². The third-order valence-corrected chi connectivity index (χ3v) is 5.13. The molecule has 1 aliphatic heterocycles. The maximum atomic E-state index is 12.3. The SMILES string of the molecule is Cc1cc(=O)n2c(n1)SCC2CC(=O)NCc1cc(-c2ccco2)on1. The highest BCUT2D eigenvalue weighted by atomic mass is 32.2. The van der Waals surface area contributed by atoms with Crippen molar-refractivity contribution < 1.29 is 13.7 Å². The molecule has 0 saturated heterocycles. The maximum absolute atomic E-state index is 12.3. The second-order valence-corrected chi connectivity index (χ2v) is 6.98. The molecule has 0 aromatic carbocycles. The molecule has 8 nitrogen and oxygen atoms in total. The van der Waals surface area contributed by atoms with E-state index in [0.717, 1.165) is 0 Å². The fourth-order valence-corrected chi connectivity index (χ4v) is 4.01. The molecule has 1 atom stereocenters. The molecule has 0 bridgehead atoms. The predicted molar refractivity (Wildman–Crippen MR) is 93.7 cm³/mol. The van der Waals surface area contributed by atoms with E-state index in [1.165, 1.54) is 17.8 Å². The van der Waals surface area contributed by atoms with E-state index < -0.39 is 0 Å². The van der Waals surface area contributed by atoms with Gasteiger partial charge in [-0.15, -0.1) is 0 Å². The summed E-state index contributed by atoms with van der Waals surface area (Å²) in [5.74, 6) is 1.59. The Morgan fingerprint density at radius 1 is 1.42 bits per heavy atom. The summed E-state index contributed by atoms with van der Waals surface area (Å²) in [6.07, 6.45) is 1.77. The van der Waals surface area contributed by atoms with Crippen molar-refractivity contribution in [1.29, 1.82) is 0 Å². The second kappa shape index (κ2) is 6.83. The number of furan rings is 1. The summed E-state index contributed by atoms with van der Waals surface area (Å²) in [4.78, 5) is 28.8. The number of aryl methyl sites for hydroxylation is 1. The molecule has 9 heteroatoms. The van der Waals surface area contributed by atoms with E-state index in [1.807, 2.05) is 0 Å². The standard InChI is InChI=1S/C17H16N4O4S/c1-10-5-16(23)21-12(9-26-17(21)19-10)7-15(22)18-8-11-6-14(25-20-11)13-3-2-4-24-13/h2-6,12H,7-9H2,1H3,(H,18,22).